The molecule has 0 atom stereocenters. The first kappa shape index (κ1) is 11.5. The smallest absolute Gasteiger partial charge is 0.249 e. The van der Waals surface area contributed by atoms with E-state index in [0.29, 0.717) is 12.2 Å². The number of fused-ring (bicyclic) bond motifs is 1. The van der Waals surface area contributed by atoms with E-state index in [4.69, 9.17) is 10.5 Å². The van der Waals surface area contributed by atoms with E-state index in [2.05, 4.69) is 4.98 Å². The Morgan fingerprint density at radius 3 is 2.89 bits per heavy atom. The molecule has 0 fully saturated rings. The number of carbonyl (C=O) groups excluding carboxylic acids is 1. The molecule has 0 bridgehead atoms. The number of pyridine rings is 1. The fourth-order valence-corrected chi connectivity index (χ4v) is 2.10. The average Bonchev–Trinajstić information content (AvgIpc) is 2.47. The molecule has 0 aliphatic carbocycles. The summed E-state index contributed by atoms with van der Waals surface area (Å²) in [5, 5.41) is 0.774. The van der Waals surface area contributed by atoms with Gasteiger partial charge in [-0.05, 0) is 24.3 Å². The van der Waals surface area contributed by atoms with E-state index in [-0.39, 0.29) is 0 Å². The summed E-state index contributed by atoms with van der Waals surface area (Å²) in [6.07, 6.45) is 5.36. The normalized spacial score (nSPS) is 14.0. The molecule has 19 heavy (non-hydrogen) atoms. The fraction of sp³-hybridized carbons (Fsp3) is 0.0667. The second-order valence-electron chi connectivity index (χ2n) is 4.23. The second-order valence-corrected chi connectivity index (χ2v) is 4.23. The number of amides is 1. The Bertz CT molecular complexity index is 717. The predicted octanol–water partition coefficient (Wildman–Crippen LogP) is 2.26. The third kappa shape index (κ3) is 2.08. The quantitative estimate of drug-likeness (QED) is 0.891. The van der Waals surface area contributed by atoms with E-state index < -0.39 is 5.91 Å². The van der Waals surface area contributed by atoms with Gasteiger partial charge in [0, 0.05) is 11.0 Å². The van der Waals surface area contributed by atoms with Crippen molar-refractivity contribution in [2.75, 3.05) is 6.61 Å². The van der Waals surface area contributed by atoms with E-state index >= 15 is 0 Å². The third-order valence-corrected chi connectivity index (χ3v) is 3.02. The molecular formula is C15H12N2O2. The SMILES string of the molecule is NC(=O)c1cc(C2=CCOC=C2)nc2ccccc12. The number of carbonyl (C=O) groups is 1. The molecule has 4 nitrogen and oxygen atoms in total. The van der Waals surface area contributed by atoms with Gasteiger partial charge in [0.1, 0.15) is 6.61 Å². The van der Waals surface area contributed by atoms with E-state index in [1.165, 1.54) is 0 Å². The summed E-state index contributed by atoms with van der Waals surface area (Å²) in [7, 11) is 0. The van der Waals surface area contributed by atoms with Crippen molar-refractivity contribution in [2.45, 2.75) is 0 Å². The number of aromatic nitrogens is 1. The lowest BCUT2D eigenvalue weighted by Gasteiger charge is -2.10. The fourth-order valence-electron chi connectivity index (χ4n) is 2.10. The van der Waals surface area contributed by atoms with Gasteiger partial charge in [0.05, 0.1) is 23.0 Å². The maximum Gasteiger partial charge on any atom is 0.249 e. The molecular weight excluding hydrogens is 240 g/mol. The van der Waals surface area contributed by atoms with Crippen LogP contribution in [0.2, 0.25) is 0 Å². The first-order valence-electron chi connectivity index (χ1n) is 5.94. The van der Waals surface area contributed by atoms with E-state index in [0.717, 1.165) is 22.2 Å². The molecule has 94 valence electrons. The van der Waals surface area contributed by atoms with Crippen molar-refractivity contribution in [3.63, 3.8) is 0 Å². The number of rotatable bonds is 2. The summed E-state index contributed by atoms with van der Waals surface area (Å²) < 4.78 is 5.11. The lowest BCUT2D eigenvalue weighted by atomic mass is 10.0. The van der Waals surface area contributed by atoms with Crippen molar-refractivity contribution in [1.82, 2.24) is 4.98 Å². The summed E-state index contributed by atoms with van der Waals surface area (Å²) in [4.78, 5) is 16.1. The van der Waals surface area contributed by atoms with Crippen molar-refractivity contribution in [3.05, 3.63) is 60.0 Å². The number of hydrogen-bond acceptors (Lipinski definition) is 3. The number of para-hydroxylation sites is 1. The molecule has 0 saturated heterocycles. The molecule has 1 aromatic carbocycles. The number of ether oxygens (including phenoxy) is 1. The minimum atomic E-state index is -0.448. The maximum atomic E-state index is 11.6. The minimum absolute atomic E-state index is 0.448. The van der Waals surface area contributed by atoms with Crippen molar-refractivity contribution >= 4 is 22.4 Å². The zero-order valence-electron chi connectivity index (χ0n) is 10.2. The van der Waals surface area contributed by atoms with Crippen molar-refractivity contribution in [2.24, 2.45) is 5.73 Å². The van der Waals surface area contributed by atoms with Crippen molar-refractivity contribution in [3.8, 4) is 0 Å². The van der Waals surface area contributed by atoms with Gasteiger partial charge in [-0.3, -0.25) is 4.79 Å². The molecule has 3 rings (SSSR count). The molecule has 0 radical (unpaired) electrons. The van der Waals surface area contributed by atoms with Gasteiger partial charge < -0.3 is 10.5 Å². The van der Waals surface area contributed by atoms with E-state index in [1.54, 1.807) is 12.3 Å². The van der Waals surface area contributed by atoms with Crippen LogP contribution in [0.1, 0.15) is 16.1 Å². The lowest BCUT2D eigenvalue weighted by Crippen LogP contribution is -2.12. The van der Waals surface area contributed by atoms with Crippen molar-refractivity contribution < 1.29 is 9.53 Å². The monoisotopic (exact) mass is 252 g/mol. The third-order valence-electron chi connectivity index (χ3n) is 3.02. The van der Waals surface area contributed by atoms with Gasteiger partial charge in [0.15, 0.2) is 0 Å². The molecule has 0 saturated carbocycles. The zero-order chi connectivity index (χ0) is 13.2. The maximum absolute atomic E-state index is 11.6. The zero-order valence-corrected chi connectivity index (χ0v) is 10.2. The highest BCUT2D eigenvalue weighted by Crippen LogP contribution is 2.23. The van der Waals surface area contributed by atoms with Crippen LogP contribution >= 0.6 is 0 Å². The first-order valence-corrected chi connectivity index (χ1v) is 5.94. The second kappa shape index (κ2) is 4.57. The summed E-state index contributed by atoms with van der Waals surface area (Å²) in [6.45, 7) is 0.506. The molecule has 0 unspecified atom stereocenters. The minimum Gasteiger partial charge on any atom is -0.497 e. The molecule has 0 spiro atoms. The van der Waals surface area contributed by atoms with Gasteiger partial charge in [-0.2, -0.15) is 0 Å². The number of benzene rings is 1. The molecule has 1 amide bonds. The standard InChI is InChI=1S/C15H12N2O2/c16-15(18)12-9-14(10-5-7-19-8-6-10)17-13-4-2-1-3-11(12)13/h1-7,9H,8H2,(H2,16,18). The Balaban J connectivity index is 2.24. The summed E-state index contributed by atoms with van der Waals surface area (Å²) in [5.74, 6) is -0.448. The van der Waals surface area contributed by atoms with E-state index in [9.17, 15) is 4.79 Å². The molecule has 2 aromatic rings. The van der Waals surface area contributed by atoms with Gasteiger partial charge in [-0.15, -0.1) is 0 Å². The number of hydrogen-bond donors (Lipinski definition) is 1. The lowest BCUT2D eigenvalue weighted by molar-refractivity contribution is 0.100. The van der Waals surface area contributed by atoms with Crippen LogP contribution in [0.3, 0.4) is 0 Å². The largest absolute Gasteiger partial charge is 0.497 e. The van der Waals surface area contributed by atoms with Crippen LogP contribution in [0.4, 0.5) is 0 Å². The Labute approximate surface area is 110 Å². The number of primary amides is 1. The molecule has 2 heterocycles. The highest BCUT2D eigenvalue weighted by Gasteiger charge is 2.12. The van der Waals surface area contributed by atoms with E-state index in [1.807, 2.05) is 36.4 Å². The van der Waals surface area contributed by atoms with Crippen LogP contribution in [-0.2, 0) is 4.74 Å². The van der Waals surface area contributed by atoms with Gasteiger partial charge in [0.2, 0.25) is 5.91 Å². The average molecular weight is 252 g/mol. The van der Waals surface area contributed by atoms with Gasteiger partial charge >= 0.3 is 0 Å². The molecule has 1 aliphatic rings. The van der Waals surface area contributed by atoms with Crippen LogP contribution in [-0.4, -0.2) is 17.5 Å². The van der Waals surface area contributed by atoms with Crippen LogP contribution in [0, 0.1) is 0 Å². The Hall–Kier alpha value is -2.62. The summed E-state index contributed by atoms with van der Waals surface area (Å²) >= 11 is 0. The highest BCUT2D eigenvalue weighted by atomic mass is 16.5. The Morgan fingerprint density at radius 1 is 1.32 bits per heavy atom. The Kier molecular flexibility index (Phi) is 2.76. The van der Waals surface area contributed by atoms with Gasteiger partial charge in [0.25, 0.3) is 0 Å². The number of nitrogens with two attached hydrogens (primary N) is 1. The summed E-state index contributed by atoms with van der Waals surface area (Å²) in [6, 6.07) is 9.20. The van der Waals surface area contributed by atoms with Gasteiger partial charge in [-0.25, -0.2) is 4.98 Å². The predicted molar refractivity (Wildman–Crippen MR) is 73.3 cm³/mol. The Morgan fingerprint density at radius 2 is 2.16 bits per heavy atom. The topological polar surface area (TPSA) is 65.2 Å². The van der Waals surface area contributed by atoms with Crippen molar-refractivity contribution in [1.29, 1.82) is 0 Å². The summed E-state index contributed by atoms with van der Waals surface area (Å²) in [5.41, 5.74) is 8.35. The van der Waals surface area contributed by atoms with Gasteiger partial charge in [-0.1, -0.05) is 18.2 Å². The number of nitrogens with zero attached hydrogens (tertiary/aromatic N) is 1. The molecule has 1 aromatic heterocycles. The number of allylic oxidation sites excluding steroid dienone is 2. The first-order chi connectivity index (χ1) is 9.25. The van der Waals surface area contributed by atoms with Crippen LogP contribution in [0.25, 0.3) is 16.5 Å². The molecule has 1 aliphatic heterocycles. The van der Waals surface area contributed by atoms with Crippen LogP contribution < -0.4 is 5.73 Å². The van der Waals surface area contributed by atoms with Crippen LogP contribution in [0.5, 0.6) is 0 Å². The van der Waals surface area contributed by atoms with Crippen LogP contribution in [0.15, 0.2) is 48.7 Å². The molecule has 2 N–H and O–H groups in total. The molecule has 4 heteroatoms. The highest BCUT2D eigenvalue weighted by molar-refractivity contribution is 6.06.